The molecule has 0 aliphatic heterocycles. The molecule has 0 aromatic heterocycles. The van der Waals surface area contributed by atoms with Gasteiger partial charge in [-0.2, -0.15) is 0 Å². The van der Waals surface area contributed by atoms with Crippen LogP contribution in [0.3, 0.4) is 0 Å². The average molecular weight is 328 g/mol. The topological polar surface area (TPSA) is 21.3 Å². The fourth-order valence-electron chi connectivity index (χ4n) is 2.10. The van der Waals surface area contributed by atoms with Crippen LogP contribution in [0.25, 0.3) is 0 Å². The van der Waals surface area contributed by atoms with Crippen molar-refractivity contribution in [3.8, 4) is 5.75 Å². The number of hydrogen-bond acceptors (Lipinski definition) is 2. The Labute approximate surface area is 133 Å². The maximum atomic E-state index is 13.4. The molecular weight excluding hydrogens is 312 g/mol. The first-order chi connectivity index (χ1) is 10.0. The van der Waals surface area contributed by atoms with E-state index in [1.54, 1.807) is 18.2 Å². The van der Waals surface area contributed by atoms with Gasteiger partial charge in [-0.25, -0.2) is 4.39 Å². The van der Waals surface area contributed by atoms with Crippen molar-refractivity contribution in [1.82, 2.24) is 0 Å². The molecule has 5 heteroatoms. The molecule has 0 aliphatic rings. The molecule has 2 rings (SSSR count). The Morgan fingerprint density at radius 1 is 1.14 bits per heavy atom. The Morgan fingerprint density at radius 3 is 2.52 bits per heavy atom. The zero-order valence-electron chi connectivity index (χ0n) is 11.8. The molecule has 112 valence electrons. The summed E-state index contributed by atoms with van der Waals surface area (Å²) in [6.45, 7) is 2.06. The summed E-state index contributed by atoms with van der Waals surface area (Å²) in [6, 6.07) is 10.3. The van der Waals surface area contributed by atoms with Gasteiger partial charge in [0.2, 0.25) is 0 Å². The number of anilines is 1. The van der Waals surface area contributed by atoms with E-state index in [0.29, 0.717) is 10.0 Å². The van der Waals surface area contributed by atoms with Crippen molar-refractivity contribution in [2.75, 3.05) is 12.4 Å². The van der Waals surface area contributed by atoms with Gasteiger partial charge in [-0.3, -0.25) is 0 Å². The van der Waals surface area contributed by atoms with Crippen LogP contribution in [0.2, 0.25) is 10.0 Å². The Balaban J connectivity index is 2.24. The lowest BCUT2D eigenvalue weighted by molar-refractivity contribution is 0.386. The van der Waals surface area contributed by atoms with E-state index in [2.05, 4.69) is 12.2 Å². The molecule has 0 fully saturated rings. The van der Waals surface area contributed by atoms with Crippen molar-refractivity contribution in [2.24, 2.45) is 0 Å². The predicted molar refractivity (Wildman–Crippen MR) is 86.1 cm³/mol. The molecule has 0 radical (unpaired) electrons. The maximum absolute atomic E-state index is 13.4. The molecule has 21 heavy (non-hydrogen) atoms. The largest absolute Gasteiger partial charge is 0.494 e. The Kier molecular flexibility index (Phi) is 5.32. The van der Waals surface area contributed by atoms with E-state index < -0.39 is 0 Å². The highest BCUT2D eigenvalue weighted by molar-refractivity contribution is 6.42. The summed E-state index contributed by atoms with van der Waals surface area (Å²) in [5.74, 6) is -0.172. The van der Waals surface area contributed by atoms with E-state index in [0.717, 1.165) is 17.7 Å². The van der Waals surface area contributed by atoms with E-state index in [1.807, 2.05) is 12.1 Å². The van der Waals surface area contributed by atoms with Crippen molar-refractivity contribution < 1.29 is 9.13 Å². The summed E-state index contributed by atoms with van der Waals surface area (Å²) in [5, 5.41) is 4.39. The van der Waals surface area contributed by atoms with Gasteiger partial charge in [0.05, 0.1) is 23.2 Å². The van der Waals surface area contributed by atoms with E-state index in [-0.39, 0.29) is 17.6 Å². The van der Waals surface area contributed by atoms with Crippen LogP contribution < -0.4 is 10.1 Å². The molecule has 0 amide bonds. The number of methoxy groups -OCH3 is 1. The fourth-order valence-corrected chi connectivity index (χ4v) is 2.41. The number of hydrogen-bond donors (Lipinski definition) is 1. The fraction of sp³-hybridized carbons (Fsp3) is 0.250. The Hall–Kier alpha value is -1.45. The van der Waals surface area contributed by atoms with Gasteiger partial charge >= 0.3 is 0 Å². The number of halogens is 3. The maximum Gasteiger partial charge on any atom is 0.165 e. The third-order valence-electron chi connectivity index (χ3n) is 3.25. The van der Waals surface area contributed by atoms with Crippen molar-refractivity contribution in [3.63, 3.8) is 0 Å². The molecule has 1 N–H and O–H groups in total. The normalized spacial score (nSPS) is 12.0. The van der Waals surface area contributed by atoms with Gasteiger partial charge in [-0.1, -0.05) is 36.2 Å². The minimum absolute atomic E-state index is 0.0509. The Bertz CT molecular complexity index is 634. The smallest absolute Gasteiger partial charge is 0.165 e. The van der Waals surface area contributed by atoms with E-state index in [9.17, 15) is 4.39 Å². The molecule has 2 aromatic carbocycles. The SMILES string of the molecule is CCC(Nc1ccc(F)c(OC)c1)c1ccc(Cl)c(Cl)c1. The van der Waals surface area contributed by atoms with Gasteiger partial charge in [0.25, 0.3) is 0 Å². The van der Waals surface area contributed by atoms with E-state index in [4.69, 9.17) is 27.9 Å². The summed E-state index contributed by atoms with van der Waals surface area (Å²) in [5.41, 5.74) is 1.81. The minimum atomic E-state index is -0.384. The average Bonchev–Trinajstić information content (AvgIpc) is 2.49. The van der Waals surface area contributed by atoms with Crippen LogP contribution in [-0.4, -0.2) is 7.11 Å². The number of rotatable bonds is 5. The zero-order chi connectivity index (χ0) is 15.4. The first kappa shape index (κ1) is 15.9. The molecule has 2 nitrogen and oxygen atoms in total. The summed E-state index contributed by atoms with van der Waals surface area (Å²) < 4.78 is 18.4. The lowest BCUT2D eigenvalue weighted by Gasteiger charge is -2.20. The third kappa shape index (κ3) is 3.80. The lowest BCUT2D eigenvalue weighted by atomic mass is 10.0. The third-order valence-corrected chi connectivity index (χ3v) is 3.99. The molecular formula is C16H16Cl2FNO. The molecule has 0 aliphatic carbocycles. The van der Waals surface area contributed by atoms with Gasteiger partial charge in [0, 0.05) is 11.8 Å². The molecule has 2 aromatic rings. The lowest BCUT2D eigenvalue weighted by Crippen LogP contribution is -2.10. The summed E-state index contributed by atoms with van der Waals surface area (Å²) in [7, 11) is 1.44. The van der Waals surface area contributed by atoms with Gasteiger partial charge in [0.1, 0.15) is 0 Å². The number of nitrogens with one attached hydrogen (secondary N) is 1. The second kappa shape index (κ2) is 7.01. The second-order valence-electron chi connectivity index (χ2n) is 4.63. The molecule has 1 atom stereocenters. The van der Waals surface area contributed by atoms with Crippen LogP contribution in [-0.2, 0) is 0 Å². The molecule has 1 unspecified atom stereocenters. The molecule has 0 heterocycles. The van der Waals surface area contributed by atoms with Crippen LogP contribution in [0.15, 0.2) is 36.4 Å². The second-order valence-corrected chi connectivity index (χ2v) is 5.44. The molecule has 0 saturated heterocycles. The highest BCUT2D eigenvalue weighted by Gasteiger charge is 2.12. The monoisotopic (exact) mass is 327 g/mol. The number of ether oxygens (including phenoxy) is 1. The van der Waals surface area contributed by atoms with Gasteiger partial charge < -0.3 is 10.1 Å². The van der Waals surface area contributed by atoms with Gasteiger partial charge in [-0.15, -0.1) is 0 Å². The van der Waals surface area contributed by atoms with Crippen LogP contribution in [0, 0.1) is 5.82 Å². The molecule has 0 bridgehead atoms. The summed E-state index contributed by atoms with van der Waals surface area (Å²) >= 11 is 12.0. The summed E-state index contributed by atoms with van der Waals surface area (Å²) in [6.07, 6.45) is 0.845. The Morgan fingerprint density at radius 2 is 1.90 bits per heavy atom. The predicted octanol–water partition coefficient (Wildman–Crippen LogP) is 5.70. The first-order valence-electron chi connectivity index (χ1n) is 6.60. The van der Waals surface area contributed by atoms with Crippen LogP contribution in [0.5, 0.6) is 5.75 Å². The van der Waals surface area contributed by atoms with E-state index in [1.165, 1.54) is 13.2 Å². The van der Waals surface area contributed by atoms with E-state index >= 15 is 0 Å². The van der Waals surface area contributed by atoms with Gasteiger partial charge in [0.15, 0.2) is 11.6 Å². The highest BCUT2D eigenvalue weighted by atomic mass is 35.5. The van der Waals surface area contributed by atoms with Crippen molar-refractivity contribution >= 4 is 28.9 Å². The van der Waals surface area contributed by atoms with Gasteiger partial charge in [-0.05, 0) is 36.2 Å². The van der Waals surface area contributed by atoms with Crippen molar-refractivity contribution in [3.05, 3.63) is 57.8 Å². The molecule has 0 spiro atoms. The van der Waals surface area contributed by atoms with Crippen LogP contribution in [0.1, 0.15) is 24.9 Å². The first-order valence-corrected chi connectivity index (χ1v) is 7.35. The molecule has 0 saturated carbocycles. The minimum Gasteiger partial charge on any atom is -0.494 e. The quantitative estimate of drug-likeness (QED) is 0.760. The van der Waals surface area contributed by atoms with Crippen LogP contribution >= 0.6 is 23.2 Å². The summed E-state index contributed by atoms with van der Waals surface area (Å²) in [4.78, 5) is 0. The zero-order valence-corrected chi connectivity index (χ0v) is 13.3. The van der Waals surface area contributed by atoms with Crippen molar-refractivity contribution in [1.29, 1.82) is 0 Å². The standard InChI is InChI=1S/C16H16Cl2FNO/c1-3-15(10-4-6-12(17)13(18)8-10)20-11-5-7-14(19)16(9-11)21-2/h4-9,15,20H,3H2,1-2H3. The van der Waals surface area contributed by atoms with Crippen molar-refractivity contribution in [2.45, 2.75) is 19.4 Å². The number of benzene rings is 2. The van der Waals surface area contributed by atoms with Crippen LogP contribution in [0.4, 0.5) is 10.1 Å². The highest BCUT2D eigenvalue weighted by Crippen LogP contribution is 2.30.